The van der Waals surface area contributed by atoms with Crippen molar-refractivity contribution in [3.8, 4) is 11.1 Å². The van der Waals surface area contributed by atoms with Crippen LogP contribution in [0.4, 0.5) is 15.8 Å². The Kier molecular flexibility index (Phi) is 6.09. The second kappa shape index (κ2) is 9.09. The SMILES string of the molecule is COC1CCN(c2ccc(NC(=O)Cn3cc(-c4ccc(F)cc4)cn3)cc2)CC1. The number of hydrogen-bond acceptors (Lipinski definition) is 4. The standard InChI is InChI=1S/C23H25FN4O2/c1-30-22-10-12-27(13-11-22)21-8-6-20(7-9-21)26-23(29)16-28-15-18(14-25-28)17-2-4-19(24)5-3-17/h2-9,14-15,22H,10-13,16H2,1H3,(H,26,29). The number of carbonyl (C=O) groups excluding carboxylic acids is 1. The number of nitrogens with zero attached hydrogens (tertiary/aromatic N) is 3. The van der Waals surface area contributed by atoms with Gasteiger partial charge in [-0.2, -0.15) is 5.10 Å². The first-order valence-corrected chi connectivity index (χ1v) is 10.1. The van der Waals surface area contributed by atoms with E-state index in [2.05, 4.69) is 15.3 Å². The number of carbonyl (C=O) groups is 1. The maximum Gasteiger partial charge on any atom is 0.246 e. The van der Waals surface area contributed by atoms with Gasteiger partial charge in [0.1, 0.15) is 12.4 Å². The highest BCUT2D eigenvalue weighted by molar-refractivity contribution is 5.90. The van der Waals surface area contributed by atoms with Crippen LogP contribution >= 0.6 is 0 Å². The molecule has 7 heteroatoms. The zero-order chi connectivity index (χ0) is 20.9. The van der Waals surface area contributed by atoms with E-state index in [1.807, 2.05) is 24.3 Å². The summed E-state index contributed by atoms with van der Waals surface area (Å²) in [5.74, 6) is -0.437. The number of methoxy groups -OCH3 is 1. The minimum absolute atomic E-state index is 0.105. The summed E-state index contributed by atoms with van der Waals surface area (Å²) in [6.45, 7) is 2.05. The number of nitrogens with one attached hydrogen (secondary N) is 1. The molecule has 0 unspecified atom stereocenters. The third-order valence-electron chi connectivity index (χ3n) is 5.41. The summed E-state index contributed by atoms with van der Waals surface area (Å²) < 4.78 is 20.1. The van der Waals surface area contributed by atoms with Gasteiger partial charge in [-0.1, -0.05) is 12.1 Å². The van der Waals surface area contributed by atoms with Crippen LogP contribution in [0.1, 0.15) is 12.8 Å². The summed E-state index contributed by atoms with van der Waals surface area (Å²) >= 11 is 0. The fourth-order valence-corrected chi connectivity index (χ4v) is 3.69. The summed E-state index contributed by atoms with van der Waals surface area (Å²) in [5.41, 5.74) is 3.59. The fourth-order valence-electron chi connectivity index (χ4n) is 3.69. The largest absolute Gasteiger partial charge is 0.381 e. The third-order valence-corrected chi connectivity index (χ3v) is 5.41. The van der Waals surface area contributed by atoms with Crippen molar-refractivity contribution in [3.63, 3.8) is 0 Å². The molecule has 1 N–H and O–H groups in total. The van der Waals surface area contributed by atoms with Crippen LogP contribution in [0.25, 0.3) is 11.1 Å². The number of benzene rings is 2. The van der Waals surface area contributed by atoms with E-state index in [9.17, 15) is 9.18 Å². The summed E-state index contributed by atoms with van der Waals surface area (Å²) in [6.07, 6.45) is 5.85. The van der Waals surface area contributed by atoms with Gasteiger partial charge in [0, 0.05) is 43.3 Å². The van der Waals surface area contributed by atoms with E-state index < -0.39 is 0 Å². The van der Waals surface area contributed by atoms with Gasteiger partial charge in [0.15, 0.2) is 0 Å². The Morgan fingerprint density at radius 1 is 1.10 bits per heavy atom. The van der Waals surface area contributed by atoms with Gasteiger partial charge in [0.25, 0.3) is 0 Å². The average molecular weight is 408 g/mol. The molecule has 156 valence electrons. The van der Waals surface area contributed by atoms with Gasteiger partial charge in [-0.25, -0.2) is 4.39 Å². The molecular weight excluding hydrogens is 383 g/mol. The number of aromatic nitrogens is 2. The normalized spacial score (nSPS) is 14.7. The molecule has 1 aliphatic heterocycles. The van der Waals surface area contributed by atoms with Crippen LogP contribution in [0.15, 0.2) is 60.9 Å². The molecule has 1 saturated heterocycles. The van der Waals surface area contributed by atoms with Crippen LogP contribution in [0.3, 0.4) is 0 Å². The van der Waals surface area contributed by atoms with E-state index >= 15 is 0 Å². The monoisotopic (exact) mass is 408 g/mol. The van der Waals surface area contributed by atoms with Gasteiger partial charge in [0.2, 0.25) is 5.91 Å². The number of piperidine rings is 1. The van der Waals surface area contributed by atoms with Crippen molar-refractivity contribution in [1.82, 2.24) is 9.78 Å². The number of ether oxygens (including phenoxy) is 1. The predicted octanol–water partition coefficient (Wildman–Crippen LogP) is 3.94. The molecule has 1 fully saturated rings. The zero-order valence-electron chi connectivity index (χ0n) is 16.9. The molecule has 6 nitrogen and oxygen atoms in total. The highest BCUT2D eigenvalue weighted by atomic mass is 19.1. The van der Waals surface area contributed by atoms with E-state index in [1.165, 1.54) is 12.1 Å². The van der Waals surface area contributed by atoms with Gasteiger partial charge >= 0.3 is 0 Å². The molecule has 0 radical (unpaired) electrons. The van der Waals surface area contributed by atoms with Crippen LogP contribution in [0.5, 0.6) is 0 Å². The van der Waals surface area contributed by atoms with E-state index in [4.69, 9.17) is 4.74 Å². The number of hydrogen-bond donors (Lipinski definition) is 1. The highest BCUT2D eigenvalue weighted by Gasteiger charge is 2.18. The molecular formula is C23H25FN4O2. The molecule has 30 heavy (non-hydrogen) atoms. The molecule has 0 aliphatic carbocycles. The lowest BCUT2D eigenvalue weighted by molar-refractivity contribution is -0.116. The molecule has 0 spiro atoms. The Balaban J connectivity index is 1.31. The molecule has 2 aromatic carbocycles. The zero-order valence-corrected chi connectivity index (χ0v) is 16.9. The minimum atomic E-state index is -0.281. The number of halogens is 1. The average Bonchev–Trinajstić information content (AvgIpc) is 3.23. The van der Waals surface area contributed by atoms with Crippen molar-refractivity contribution in [2.24, 2.45) is 0 Å². The van der Waals surface area contributed by atoms with E-state index in [-0.39, 0.29) is 18.3 Å². The minimum Gasteiger partial charge on any atom is -0.381 e. The highest BCUT2D eigenvalue weighted by Crippen LogP contribution is 2.23. The van der Waals surface area contributed by atoms with Gasteiger partial charge < -0.3 is 15.0 Å². The third kappa shape index (κ3) is 4.86. The fraction of sp³-hybridized carbons (Fsp3) is 0.304. The number of amides is 1. The van der Waals surface area contributed by atoms with Crippen molar-refractivity contribution in [2.45, 2.75) is 25.5 Å². The van der Waals surface area contributed by atoms with Crippen LogP contribution in [0, 0.1) is 5.82 Å². The van der Waals surface area contributed by atoms with Crippen LogP contribution in [-0.4, -0.2) is 42.0 Å². The smallest absolute Gasteiger partial charge is 0.246 e. The lowest BCUT2D eigenvalue weighted by atomic mass is 10.1. The molecule has 1 amide bonds. The first kappa shape index (κ1) is 20.1. The summed E-state index contributed by atoms with van der Waals surface area (Å²) in [4.78, 5) is 14.7. The number of anilines is 2. The first-order chi connectivity index (χ1) is 14.6. The summed E-state index contributed by atoms with van der Waals surface area (Å²) in [5, 5.41) is 7.14. The van der Waals surface area contributed by atoms with Gasteiger partial charge in [0.05, 0.1) is 12.3 Å². The number of rotatable bonds is 6. The Bertz CT molecular complexity index is 977. The molecule has 0 saturated carbocycles. The van der Waals surface area contributed by atoms with E-state index in [0.717, 1.165) is 48.4 Å². The lowest BCUT2D eigenvalue weighted by Crippen LogP contribution is -2.36. The molecule has 0 bridgehead atoms. The van der Waals surface area contributed by atoms with Crippen molar-refractivity contribution in [1.29, 1.82) is 0 Å². The second-order valence-corrected chi connectivity index (χ2v) is 7.45. The van der Waals surface area contributed by atoms with Gasteiger partial charge in [-0.05, 0) is 54.8 Å². The van der Waals surface area contributed by atoms with Gasteiger partial charge in [-0.15, -0.1) is 0 Å². The first-order valence-electron chi connectivity index (χ1n) is 10.1. The molecule has 3 aromatic rings. The molecule has 1 aromatic heterocycles. The van der Waals surface area contributed by atoms with Crippen molar-refractivity contribution in [2.75, 3.05) is 30.4 Å². The Labute approximate surface area is 175 Å². The van der Waals surface area contributed by atoms with Crippen LogP contribution in [-0.2, 0) is 16.1 Å². The van der Waals surface area contributed by atoms with Crippen molar-refractivity contribution >= 4 is 17.3 Å². The van der Waals surface area contributed by atoms with E-state index in [1.54, 1.807) is 36.3 Å². The van der Waals surface area contributed by atoms with Gasteiger partial charge in [-0.3, -0.25) is 9.48 Å². The maximum atomic E-state index is 13.1. The van der Waals surface area contributed by atoms with Crippen LogP contribution < -0.4 is 10.2 Å². The predicted molar refractivity (Wildman–Crippen MR) is 115 cm³/mol. The Morgan fingerprint density at radius 3 is 2.47 bits per heavy atom. The van der Waals surface area contributed by atoms with E-state index in [0.29, 0.717) is 6.10 Å². The summed E-state index contributed by atoms with van der Waals surface area (Å²) in [7, 11) is 1.77. The molecule has 2 heterocycles. The summed E-state index contributed by atoms with van der Waals surface area (Å²) in [6, 6.07) is 14.1. The topological polar surface area (TPSA) is 59.4 Å². The Morgan fingerprint density at radius 2 is 1.80 bits per heavy atom. The molecule has 1 aliphatic rings. The van der Waals surface area contributed by atoms with Crippen LogP contribution in [0.2, 0.25) is 0 Å². The molecule has 0 atom stereocenters. The van der Waals surface area contributed by atoms with Crippen molar-refractivity contribution in [3.05, 3.63) is 66.7 Å². The molecule has 4 rings (SSSR count). The van der Waals surface area contributed by atoms with Crippen molar-refractivity contribution < 1.29 is 13.9 Å². The quantitative estimate of drug-likeness (QED) is 0.671. The lowest BCUT2D eigenvalue weighted by Gasteiger charge is -2.33. The Hall–Kier alpha value is -3.19. The second-order valence-electron chi connectivity index (χ2n) is 7.45. The maximum absolute atomic E-state index is 13.1.